The summed E-state index contributed by atoms with van der Waals surface area (Å²) in [6.45, 7) is 1.89. The van der Waals surface area contributed by atoms with E-state index in [1.807, 2.05) is 0 Å². The lowest BCUT2D eigenvalue weighted by atomic mass is 10.0. The number of hydrogen-bond donors (Lipinski definition) is 0. The number of fused-ring (bicyclic) bond motifs is 1. The molecule has 114 valence electrons. The van der Waals surface area contributed by atoms with Gasteiger partial charge in [0.1, 0.15) is 11.4 Å². The zero-order chi connectivity index (χ0) is 15.7. The molecule has 3 aromatic carbocycles. The number of para-hydroxylation sites is 3. The maximum atomic E-state index is 2.47. The van der Waals surface area contributed by atoms with Gasteiger partial charge in [-0.1, -0.05) is 54.6 Å². The van der Waals surface area contributed by atoms with E-state index in [4.69, 9.17) is 0 Å². The fraction of sp³-hybridized carbons (Fsp3) is 0.143. The molecule has 0 radical (unpaired) electrons. The van der Waals surface area contributed by atoms with E-state index >= 15 is 0 Å². The molecular formula is C21H21N2+. The first-order chi connectivity index (χ1) is 11.3. The van der Waals surface area contributed by atoms with Gasteiger partial charge in [-0.25, -0.2) is 4.48 Å². The minimum Gasteiger partial charge on any atom is -0.320 e. The molecule has 1 aliphatic rings. The zero-order valence-electron chi connectivity index (χ0n) is 13.4. The second-order valence-corrected chi connectivity index (χ2v) is 6.33. The first-order valence-electron chi connectivity index (χ1n) is 8.07. The summed E-state index contributed by atoms with van der Waals surface area (Å²) in [5.41, 5.74) is 5.39. The summed E-state index contributed by atoms with van der Waals surface area (Å²) in [4.78, 5) is 2.47. The zero-order valence-corrected chi connectivity index (χ0v) is 13.4. The number of hydrogen-bond acceptors (Lipinski definition) is 1. The van der Waals surface area contributed by atoms with E-state index in [0.29, 0.717) is 0 Å². The van der Waals surface area contributed by atoms with Crippen molar-refractivity contribution < 1.29 is 0 Å². The molecule has 4 rings (SSSR count). The van der Waals surface area contributed by atoms with E-state index in [-0.39, 0.29) is 0 Å². The van der Waals surface area contributed by atoms with Crippen LogP contribution in [0.2, 0.25) is 0 Å². The van der Waals surface area contributed by atoms with Gasteiger partial charge < -0.3 is 4.90 Å². The summed E-state index contributed by atoms with van der Waals surface area (Å²) in [6, 6.07) is 30.3. The topological polar surface area (TPSA) is 3.24 Å². The van der Waals surface area contributed by atoms with Crippen LogP contribution < -0.4 is 9.38 Å². The number of benzene rings is 3. The van der Waals surface area contributed by atoms with Gasteiger partial charge in [-0.05, 0) is 30.3 Å². The predicted octanol–water partition coefficient (Wildman–Crippen LogP) is 4.93. The Morgan fingerprint density at radius 3 is 2.09 bits per heavy atom. The van der Waals surface area contributed by atoms with Gasteiger partial charge in [-0.2, -0.15) is 0 Å². The van der Waals surface area contributed by atoms with Gasteiger partial charge in [0.15, 0.2) is 6.67 Å². The molecule has 2 nitrogen and oxygen atoms in total. The highest BCUT2D eigenvalue weighted by atomic mass is 15.5. The van der Waals surface area contributed by atoms with Gasteiger partial charge >= 0.3 is 0 Å². The minimum absolute atomic E-state index is 0.798. The molecule has 0 N–H and O–H groups in total. The first kappa shape index (κ1) is 14.0. The standard InChI is InChI=1S/C21H21N2/c1-23(20-13-6-3-7-14-20)17-22(19-11-4-2-5-12-19)16-18-10-8-9-15-21(18)23/h2-15H,16-17H2,1H3/q+1. The van der Waals surface area contributed by atoms with Crippen LogP contribution in [0.5, 0.6) is 0 Å². The fourth-order valence-corrected chi connectivity index (χ4v) is 3.59. The first-order valence-corrected chi connectivity index (χ1v) is 8.07. The Morgan fingerprint density at radius 1 is 0.739 bits per heavy atom. The third-order valence-corrected chi connectivity index (χ3v) is 4.79. The summed E-state index contributed by atoms with van der Waals surface area (Å²) in [5, 5.41) is 0. The van der Waals surface area contributed by atoms with E-state index < -0.39 is 0 Å². The summed E-state index contributed by atoms with van der Waals surface area (Å²) >= 11 is 0. The lowest BCUT2D eigenvalue weighted by Crippen LogP contribution is -2.52. The van der Waals surface area contributed by atoms with Gasteiger partial charge in [0.05, 0.1) is 13.6 Å². The maximum absolute atomic E-state index is 2.47. The smallest absolute Gasteiger partial charge is 0.164 e. The van der Waals surface area contributed by atoms with Crippen molar-refractivity contribution in [3.63, 3.8) is 0 Å². The summed E-state index contributed by atoms with van der Waals surface area (Å²) < 4.78 is 0.798. The number of quaternary nitrogens is 1. The summed E-state index contributed by atoms with van der Waals surface area (Å²) in [5.74, 6) is 0. The Balaban J connectivity index is 1.85. The molecule has 0 saturated carbocycles. The number of anilines is 1. The quantitative estimate of drug-likeness (QED) is 0.606. The number of nitrogens with zero attached hydrogens (tertiary/aromatic N) is 2. The SMILES string of the molecule is C[N+]1(c2ccccc2)CN(c2ccccc2)Cc2ccccc21. The van der Waals surface area contributed by atoms with Gasteiger partial charge in [-0.3, -0.25) is 0 Å². The molecule has 23 heavy (non-hydrogen) atoms. The molecule has 1 atom stereocenters. The Morgan fingerprint density at radius 2 is 1.35 bits per heavy atom. The third-order valence-electron chi connectivity index (χ3n) is 4.79. The van der Waals surface area contributed by atoms with Gasteiger partial charge in [-0.15, -0.1) is 0 Å². The van der Waals surface area contributed by atoms with Crippen molar-refractivity contribution in [3.8, 4) is 0 Å². The van der Waals surface area contributed by atoms with Crippen molar-refractivity contribution in [2.45, 2.75) is 6.54 Å². The van der Waals surface area contributed by atoms with Crippen LogP contribution in [0.3, 0.4) is 0 Å². The van der Waals surface area contributed by atoms with Crippen LogP contribution in [0.25, 0.3) is 0 Å². The molecule has 0 saturated heterocycles. The predicted molar refractivity (Wildman–Crippen MR) is 97.8 cm³/mol. The highest BCUT2D eigenvalue weighted by molar-refractivity contribution is 5.66. The van der Waals surface area contributed by atoms with Crippen molar-refractivity contribution in [2.24, 2.45) is 0 Å². The lowest BCUT2D eigenvalue weighted by molar-refractivity contribution is 0.420. The van der Waals surface area contributed by atoms with Crippen LogP contribution in [0.4, 0.5) is 17.1 Å². The van der Waals surface area contributed by atoms with Crippen molar-refractivity contribution >= 4 is 17.1 Å². The average molecular weight is 301 g/mol. The van der Waals surface area contributed by atoms with Crippen molar-refractivity contribution in [2.75, 3.05) is 18.6 Å². The molecule has 0 spiro atoms. The lowest BCUT2D eigenvalue weighted by Gasteiger charge is -2.43. The van der Waals surface area contributed by atoms with E-state index in [1.165, 1.54) is 22.6 Å². The van der Waals surface area contributed by atoms with E-state index in [1.54, 1.807) is 0 Å². The second kappa shape index (κ2) is 5.56. The summed E-state index contributed by atoms with van der Waals surface area (Å²) in [6.07, 6.45) is 0. The van der Waals surface area contributed by atoms with Crippen LogP contribution >= 0.6 is 0 Å². The second-order valence-electron chi connectivity index (χ2n) is 6.33. The molecule has 2 heteroatoms. The Kier molecular flexibility index (Phi) is 3.40. The highest BCUT2D eigenvalue weighted by Crippen LogP contribution is 2.40. The fourth-order valence-electron chi connectivity index (χ4n) is 3.59. The molecule has 0 amide bonds. The molecule has 0 aliphatic carbocycles. The minimum atomic E-state index is 0.798. The molecule has 1 aliphatic heterocycles. The van der Waals surface area contributed by atoms with E-state index in [9.17, 15) is 0 Å². The van der Waals surface area contributed by atoms with Crippen LogP contribution in [-0.4, -0.2) is 13.7 Å². The third kappa shape index (κ3) is 2.41. The van der Waals surface area contributed by atoms with Gasteiger partial charge in [0.25, 0.3) is 0 Å². The van der Waals surface area contributed by atoms with Crippen LogP contribution in [0, 0.1) is 0 Å². The Labute approximate surface area is 137 Å². The van der Waals surface area contributed by atoms with Crippen LogP contribution in [-0.2, 0) is 6.54 Å². The van der Waals surface area contributed by atoms with Crippen LogP contribution in [0.15, 0.2) is 84.9 Å². The number of rotatable bonds is 2. The molecule has 1 heterocycles. The largest absolute Gasteiger partial charge is 0.320 e. The normalized spacial score (nSPS) is 20.1. The van der Waals surface area contributed by atoms with Crippen molar-refractivity contribution in [1.29, 1.82) is 0 Å². The van der Waals surface area contributed by atoms with Crippen molar-refractivity contribution in [3.05, 3.63) is 90.5 Å². The Hall–Kier alpha value is -2.58. The summed E-state index contributed by atoms with van der Waals surface area (Å²) in [7, 11) is 2.31. The highest BCUT2D eigenvalue weighted by Gasteiger charge is 2.37. The monoisotopic (exact) mass is 301 g/mol. The van der Waals surface area contributed by atoms with E-state index in [0.717, 1.165) is 17.7 Å². The van der Waals surface area contributed by atoms with Crippen LogP contribution in [0.1, 0.15) is 5.56 Å². The van der Waals surface area contributed by atoms with Crippen molar-refractivity contribution in [1.82, 2.24) is 4.48 Å². The molecule has 1 unspecified atom stereocenters. The molecule has 3 aromatic rings. The van der Waals surface area contributed by atoms with Gasteiger partial charge in [0.2, 0.25) is 0 Å². The van der Waals surface area contributed by atoms with E-state index in [2.05, 4.69) is 96.9 Å². The molecule has 0 aromatic heterocycles. The molecule has 0 fully saturated rings. The maximum Gasteiger partial charge on any atom is 0.164 e. The molecule has 0 bridgehead atoms. The van der Waals surface area contributed by atoms with Gasteiger partial charge in [0, 0.05) is 11.3 Å². The average Bonchev–Trinajstić information content (AvgIpc) is 2.63. The Bertz CT molecular complexity index is 798. The molecular weight excluding hydrogens is 280 g/mol.